The second-order valence-electron chi connectivity index (χ2n) is 2.42. The van der Waals surface area contributed by atoms with Crippen LogP contribution in [0, 0.1) is 0 Å². The summed E-state index contributed by atoms with van der Waals surface area (Å²) in [5.74, 6) is 0. The number of benzene rings is 1. The van der Waals surface area contributed by atoms with Gasteiger partial charge in [0.05, 0.1) is 4.90 Å². The quantitative estimate of drug-likeness (QED) is 0.801. The second kappa shape index (κ2) is 3.84. The Morgan fingerprint density at radius 2 is 1.92 bits per heavy atom. The van der Waals surface area contributed by atoms with Crippen LogP contribution in [0.15, 0.2) is 29.2 Å². The van der Waals surface area contributed by atoms with Gasteiger partial charge in [-0.3, -0.25) is 0 Å². The summed E-state index contributed by atoms with van der Waals surface area (Å²) in [5.41, 5.74) is 0.509. The van der Waals surface area contributed by atoms with Crippen molar-refractivity contribution in [2.24, 2.45) is 5.14 Å². The molecule has 13 heavy (non-hydrogen) atoms. The summed E-state index contributed by atoms with van der Waals surface area (Å²) in [6.07, 6.45) is 0. The largest absolute Gasteiger partial charge is 0.238 e. The van der Waals surface area contributed by atoms with E-state index in [4.69, 9.17) is 28.3 Å². The number of rotatable bonds is 2. The Bertz CT molecular complexity index is 403. The summed E-state index contributed by atoms with van der Waals surface area (Å²) in [4.78, 5) is -0.738. The maximum atomic E-state index is 10.9. The molecule has 0 aliphatic rings. The van der Waals surface area contributed by atoms with Crippen molar-refractivity contribution in [1.82, 2.24) is 0 Å². The van der Waals surface area contributed by atoms with Crippen LogP contribution in [0.2, 0.25) is 0 Å². The van der Waals surface area contributed by atoms with E-state index in [1.807, 2.05) is 0 Å². The first kappa shape index (κ1) is 10.8. The number of hydrogen-bond donors (Lipinski definition) is 1. The predicted octanol–water partition coefficient (Wildman–Crippen LogP) is 1.81. The summed E-state index contributed by atoms with van der Waals surface area (Å²) in [7, 11) is -3.68. The smallest absolute Gasteiger partial charge is 0.225 e. The molecule has 0 aliphatic carbocycles. The summed E-state index contributed by atoms with van der Waals surface area (Å²) < 4.78 is 21.8. The fourth-order valence-electron chi connectivity index (χ4n) is 0.827. The van der Waals surface area contributed by atoms with E-state index >= 15 is 0 Å². The van der Waals surface area contributed by atoms with E-state index in [0.717, 1.165) is 0 Å². The van der Waals surface area contributed by atoms with E-state index in [0.29, 0.717) is 5.56 Å². The van der Waals surface area contributed by atoms with E-state index in [9.17, 15) is 8.42 Å². The van der Waals surface area contributed by atoms with E-state index in [1.165, 1.54) is 18.2 Å². The van der Waals surface area contributed by atoms with Crippen LogP contribution in [-0.4, -0.2) is 8.42 Å². The average molecular weight is 240 g/mol. The third kappa shape index (κ3) is 2.84. The van der Waals surface area contributed by atoms with Gasteiger partial charge in [-0.05, 0) is 17.7 Å². The summed E-state index contributed by atoms with van der Waals surface area (Å²) >= 11 is 11.1. The lowest BCUT2D eigenvalue weighted by Gasteiger charge is -2.03. The minimum atomic E-state index is -3.68. The van der Waals surface area contributed by atoms with Crippen LogP contribution in [0.5, 0.6) is 0 Å². The first-order chi connectivity index (χ1) is 5.91. The van der Waals surface area contributed by atoms with Crippen LogP contribution >= 0.6 is 23.2 Å². The molecule has 1 aromatic rings. The van der Waals surface area contributed by atoms with Crippen molar-refractivity contribution < 1.29 is 8.42 Å². The second-order valence-corrected chi connectivity index (χ2v) is 5.08. The van der Waals surface area contributed by atoms with Crippen LogP contribution in [0.1, 0.15) is 10.4 Å². The van der Waals surface area contributed by atoms with Gasteiger partial charge in [-0.25, -0.2) is 13.6 Å². The van der Waals surface area contributed by atoms with Gasteiger partial charge in [-0.1, -0.05) is 12.1 Å². The van der Waals surface area contributed by atoms with Gasteiger partial charge in [0, 0.05) is 0 Å². The van der Waals surface area contributed by atoms with Crippen LogP contribution in [0.3, 0.4) is 0 Å². The topological polar surface area (TPSA) is 60.2 Å². The van der Waals surface area contributed by atoms with Gasteiger partial charge >= 0.3 is 0 Å². The Morgan fingerprint density at radius 3 is 2.38 bits per heavy atom. The number of nitrogens with two attached hydrogens (primary N) is 1. The number of primary sulfonamides is 1. The van der Waals surface area contributed by atoms with Crippen molar-refractivity contribution in [2.75, 3.05) is 0 Å². The predicted molar refractivity (Wildman–Crippen MR) is 52.3 cm³/mol. The van der Waals surface area contributed by atoms with Crippen LogP contribution < -0.4 is 5.14 Å². The van der Waals surface area contributed by atoms with Crippen LogP contribution in [0.4, 0.5) is 0 Å². The molecule has 72 valence electrons. The Kier molecular flexibility index (Phi) is 3.18. The van der Waals surface area contributed by atoms with Gasteiger partial charge in [0.25, 0.3) is 0 Å². The molecular formula is C7H7Cl2NO2S. The van der Waals surface area contributed by atoms with Crippen molar-refractivity contribution in [3.63, 3.8) is 0 Å². The number of hydrogen-bond acceptors (Lipinski definition) is 2. The van der Waals surface area contributed by atoms with Crippen LogP contribution in [-0.2, 0) is 10.0 Å². The SMILES string of the molecule is NS(=O)(=O)c1cccc(C(Cl)Cl)c1. The third-order valence-corrected chi connectivity index (χ3v) is 2.85. The Morgan fingerprint density at radius 1 is 1.31 bits per heavy atom. The zero-order valence-electron chi connectivity index (χ0n) is 6.44. The fraction of sp³-hybridized carbons (Fsp3) is 0.143. The molecule has 0 aliphatic heterocycles. The molecule has 1 aromatic carbocycles. The van der Waals surface area contributed by atoms with E-state index in [1.54, 1.807) is 6.07 Å². The van der Waals surface area contributed by atoms with Crippen molar-refractivity contribution >= 4 is 33.2 Å². The highest BCUT2D eigenvalue weighted by Crippen LogP contribution is 2.25. The van der Waals surface area contributed by atoms with Crippen molar-refractivity contribution in [1.29, 1.82) is 0 Å². The molecule has 0 fully saturated rings. The standard InChI is InChI=1S/C7H7Cl2NO2S/c8-7(9)5-2-1-3-6(4-5)13(10,11)12/h1-4,7H,(H2,10,11,12). The molecule has 0 saturated carbocycles. The first-order valence-corrected chi connectivity index (χ1v) is 5.74. The van der Waals surface area contributed by atoms with Crippen LogP contribution in [0.25, 0.3) is 0 Å². The van der Waals surface area contributed by atoms with Crippen molar-refractivity contribution in [2.45, 2.75) is 9.73 Å². The highest BCUT2D eigenvalue weighted by atomic mass is 35.5. The Hall–Kier alpha value is -0.290. The fourth-order valence-corrected chi connectivity index (χ4v) is 1.67. The molecule has 0 bridgehead atoms. The molecule has 0 amide bonds. The molecule has 0 saturated heterocycles. The average Bonchev–Trinajstić information content (AvgIpc) is 2.03. The van der Waals surface area contributed by atoms with Gasteiger partial charge in [0.2, 0.25) is 10.0 Å². The van der Waals surface area contributed by atoms with Gasteiger partial charge < -0.3 is 0 Å². The van der Waals surface area contributed by atoms with Gasteiger partial charge in [-0.2, -0.15) is 0 Å². The maximum absolute atomic E-state index is 10.9. The normalized spacial score (nSPS) is 12.0. The highest BCUT2D eigenvalue weighted by molar-refractivity contribution is 7.89. The molecule has 6 heteroatoms. The first-order valence-electron chi connectivity index (χ1n) is 3.32. The summed E-state index contributed by atoms with van der Waals surface area (Å²) in [6.45, 7) is 0. The molecule has 0 unspecified atom stereocenters. The molecular weight excluding hydrogens is 233 g/mol. The number of halogens is 2. The Labute approximate surface area is 86.5 Å². The molecule has 0 spiro atoms. The van der Waals surface area contributed by atoms with E-state index in [2.05, 4.69) is 0 Å². The lowest BCUT2D eigenvalue weighted by Crippen LogP contribution is -2.12. The molecule has 2 N–H and O–H groups in total. The van der Waals surface area contributed by atoms with E-state index < -0.39 is 14.9 Å². The maximum Gasteiger partial charge on any atom is 0.238 e. The zero-order chi connectivity index (χ0) is 10.1. The van der Waals surface area contributed by atoms with Gasteiger partial charge in [0.1, 0.15) is 4.84 Å². The van der Waals surface area contributed by atoms with E-state index in [-0.39, 0.29) is 4.90 Å². The highest BCUT2D eigenvalue weighted by Gasteiger charge is 2.10. The zero-order valence-corrected chi connectivity index (χ0v) is 8.77. The monoisotopic (exact) mass is 239 g/mol. The molecule has 0 aromatic heterocycles. The van der Waals surface area contributed by atoms with Gasteiger partial charge in [-0.15, -0.1) is 23.2 Å². The van der Waals surface area contributed by atoms with Crippen molar-refractivity contribution in [3.8, 4) is 0 Å². The summed E-state index contributed by atoms with van der Waals surface area (Å²) in [5, 5.41) is 4.91. The lowest BCUT2D eigenvalue weighted by atomic mass is 10.2. The number of alkyl halides is 2. The van der Waals surface area contributed by atoms with Crippen molar-refractivity contribution in [3.05, 3.63) is 29.8 Å². The lowest BCUT2D eigenvalue weighted by molar-refractivity contribution is 0.597. The molecule has 1 rings (SSSR count). The number of sulfonamides is 1. The summed E-state index contributed by atoms with van der Waals surface area (Å²) in [6, 6.07) is 5.89. The Balaban J connectivity index is 3.21. The minimum absolute atomic E-state index is 0.0105. The van der Waals surface area contributed by atoms with Gasteiger partial charge in [0.15, 0.2) is 0 Å². The molecule has 0 atom stereocenters. The molecule has 3 nitrogen and oxygen atoms in total. The third-order valence-electron chi connectivity index (χ3n) is 1.44. The molecule has 0 radical (unpaired) electrons. The minimum Gasteiger partial charge on any atom is -0.225 e. The molecule has 0 heterocycles.